The number of nitrogen functional groups attached to an aromatic ring is 1. The molecule has 1 heterocycles. The Labute approximate surface area is 94.9 Å². The number of hydrogen-bond donors (Lipinski definition) is 2. The van der Waals surface area contributed by atoms with E-state index in [2.05, 4.69) is 15.6 Å². The number of hydrogen-bond acceptors (Lipinski definition) is 4. The van der Waals surface area contributed by atoms with Gasteiger partial charge >= 0.3 is 0 Å². The zero-order valence-corrected chi connectivity index (χ0v) is 8.89. The molecule has 5 heteroatoms. The van der Waals surface area contributed by atoms with Crippen molar-refractivity contribution >= 4 is 18.1 Å². The van der Waals surface area contributed by atoms with Crippen molar-refractivity contribution in [3.05, 3.63) is 54.9 Å². The van der Waals surface area contributed by atoms with Crippen LogP contribution in [0.4, 0.5) is 5.69 Å². The number of nitrogens with two attached hydrogens (primary N) is 1. The average molecular weight is 225 g/mol. The molecule has 3 N–H and O–H groups in total. The van der Waals surface area contributed by atoms with E-state index in [1.165, 1.54) is 0 Å². The Hall–Kier alpha value is -1.65. The second-order valence-electron chi connectivity index (χ2n) is 2.42. The maximum atomic E-state index is 5.10. The van der Waals surface area contributed by atoms with E-state index in [1.807, 2.05) is 42.5 Å². The van der Waals surface area contributed by atoms with Crippen LogP contribution in [0.15, 0.2) is 54.9 Å². The summed E-state index contributed by atoms with van der Waals surface area (Å²) in [6, 6.07) is 13.3. The van der Waals surface area contributed by atoms with E-state index in [-0.39, 0.29) is 12.4 Å². The lowest BCUT2D eigenvalue weighted by Gasteiger charge is -1.94. The second kappa shape index (κ2) is 8.93. The third-order valence-electron chi connectivity index (χ3n) is 1.42. The van der Waals surface area contributed by atoms with Crippen molar-refractivity contribution < 1.29 is 0 Å². The first kappa shape index (κ1) is 13.4. The van der Waals surface area contributed by atoms with Gasteiger partial charge in [-0.15, -0.1) is 12.4 Å². The van der Waals surface area contributed by atoms with Crippen molar-refractivity contribution in [1.82, 2.24) is 10.2 Å². The van der Waals surface area contributed by atoms with Crippen LogP contribution in [0, 0.1) is 0 Å². The van der Waals surface area contributed by atoms with Crippen molar-refractivity contribution in [2.75, 3.05) is 5.43 Å². The summed E-state index contributed by atoms with van der Waals surface area (Å²) in [7, 11) is 0. The maximum Gasteiger partial charge on any atom is 0.0496 e. The van der Waals surface area contributed by atoms with Gasteiger partial charge < -0.3 is 5.43 Å². The van der Waals surface area contributed by atoms with Crippen LogP contribution < -0.4 is 11.3 Å². The van der Waals surface area contributed by atoms with Crippen LogP contribution in [0.5, 0.6) is 0 Å². The molecule has 4 nitrogen and oxygen atoms in total. The molecular formula is C10H13ClN4. The molecule has 0 unspecified atom stereocenters. The van der Waals surface area contributed by atoms with Crippen molar-refractivity contribution in [3.63, 3.8) is 0 Å². The minimum absolute atomic E-state index is 0. The van der Waals surface area contributed by atoms with Gasteiger partial charge in [-0.05, 0) is 24.3 Å². The molecule has 0 aliphatic carbocycles. The van der Waals surface area contributed by atoms with E-state index in [0.29, 0.717) is 0 Å². The van der Waals surface area contributed by atoms with Gasteiger partial charge in [0.2, 0.25) is 0 Å². The Bertz CT molecular complexity index is 301. The van der Waals surface area contributed by atoms with Crippen LogP contribution in [0.1, 0.15) is 0 Å². The Balaban J connectivity index is 0.000000253. The highest BCUT2D eigenvalue weighted by Gasteiger charge is 1.78. The van der Waals surface area contributed by atoms with E-state index in [1.54, 1.807) is 12.4 Å². The molecule has 1 aromatic carbocycles. The van der Waals surface area contributed by atoms with E-state index < -0.39 is 0 Å². The first-order chi connectivity index (χ1) is 6.93. The predicted molar refractivity (Wildman–Crippen MR) is 63.5 cm³/mol. The average Bonchev–Trinajstić information content (AvgIpc) is 2.33. The Kier molecular flexibility index (Phi) is 7.94. The van der Waals surface area contributed by atoms with Crippen LogP contribution in [-0.2, 0) is 0 Å². The van der Waals surface area contributed by atoms with Gasteiger partial charge in [-0.25, -0.2) is 0 Å². The van der Waals surface area contributed by atoms with Gasteiger partial charge in [-0.2, -0.15) is 10.2 Å². The number of nitrogens with one attached hydrogen (secondary N) is 1. The zero-order chi connectivity index (χ0) is 10.1. The Morgan fingerprint density at radius 1 is 0.867 bits per heavy atom. The summed E-state index contributed by atoms with van der Waals surface area (Å²) in [6.45, 7) is 0. The Morgan fingerprint density at radius 3 is 1.67 bits per heavy atom. The fraction of sp³-hybridized carbons (Fsp3) is 0. The molecule has 0 spiro atoms. The third kappa shape index (κ3) is 6.42. The first-order valence-corrected chi connectivity index (χ1v) is 4.17. The molecule has 0 amide bonds. The SMILES string of the molecule is Cl.NNc1ccccc1.c1ccnnc1. The summed E-state index contributed by atoms with van der Waals surface area (Å²) < 4.78 is 0. The summed E-state index contributed by atoms with van der Waals surface area (Å²) >= 11 is 0. The Morgan fingerprint density at radius 2 is 1.40 bits per heavy atom. The van der Waals surface area contributed by atoms with Crippen LogP contribution in [-0.4, -0.2) is 10.2 Å². The number of benzene rings is 1. The number of hydrazine groups is 1. The molecule has 2 rings (SSSR count). The van der Waals surface area contributed by atoms with Crippen molar-refractivity contribution in [3.8, 4) is 0 Å². The fourth-order valence-corrected chi connectivity index (χ4v) is 0.788. The lowest BCUT2D eigenvalue weighted by Crippen LogP contribution is -2.05. The molecule has 2 aromatic rings. The molecule has 15 heavy (non-hydrogen) atoms. The third-order valence-corrected chi connectivity index (χ3v) is 1.42. The van der Waals surface area contributed by atoms with E-state index in [0.717, 1.165) is 5.69 Å². The number of anilines is 1. The highest BCUT2D eigenvalue weighted by atomic mass is 35.5. The zero-order valence-electron chi connectivity index (χ0n) is 8.08. The quantitative estimate of drug-likeness (QED) is 0.574. The largest absolute Gasteiger partial charge is 0.324 e. The van der Waals surface area contributed by atoms with E-state index in [9.17, 15) is 0 Å². The lowest BCUT2D eigenvalue weighted by atomic mass is 10.3. The van der Waals surface area contributed by atoms with Crippen LogP contribution in [0.2, 0.25) is 0 Å². The highest BCUT2D eigenvalue weighted by molar-refractivity contribution is 5.85. The predicted octanol–water partition coefficient (Wildman–Crippen LogP) is 1.87. The molecule has 0 aliphatic rings. The van der Waals surface area contributed by atoms with Gasteiger partial charge in [0, 0.05) is 18.1 Å². The summed E-state index contributed by atoms with van der Waals surface area (Å²) in [5.41, 5.74) is 3.46. The van der Waals surface area contributed by atoms with Crippen LogP contribution >= 0.6 is 12.4 Å². The van der Waals surface area contributed by atoms with Crippen molar-refractivity contribution in [2.45, 2.75) is 0 Å². The molecule has 0 saturated heterocycles. The molecule has 0 aliphatic heterocycles. The highest BCUT2D eigenvalue weighted by Crippen LogP contribution is 2.00. The van der Waals surface area contributed by atoms with E-state index in [4.69, 9.17) is 5.84 Å². The summed E-state index contributed by atoms with van der Waals surface area (Å²) in [5, 5.41) is 7.07. The van der Waals surface area contributed by atoms with Crippen LogP contribution in [0.25, 0.3) is 0 Å². The van der Waals surface area contributed by atoms with Gasteiger partial charge in [0.25, 0.3) is 0 Å². The molecule has 0 fully saturated rings. The second-order valence-corrected chi connectivity index (χ2v) is 2.42. The summed E-state index contributed by atoms with van der Waals surface area (Å²) in [4.78, 5) is 0. The lowest BCUT2D eigenvalue weighted by molar-refractivity contribution is 1.03. The van der Waals surface area contributed by atoms with E-state index >= 15 is 0 Å². The number of rotatable bonds is 1. The van der Waals surface area contributed by atoms with Gasteiger partial charge in [-0.1, -0.05) is 18.2 Å². The molecule has 0 radical (unpaired) electrons. The summed E-state index contributed by atoms with van der Waals surface area (Å²) in [5.74, 6) is 5.10. The molecular weight excluding hydrogens is 212 g/mol. The van der Waals surface area contributed by atoms with Crippen molar-refractivity contribution in [1.29, 1.82) is 0 Å². The molecule has 80 valence electrons. The van der Waals surface area contributed by atoms with Gasteiger partial charge in [-0.3, -0.25) is 5.84 Å². The van der Waals surface area contributed by atoms with Crippen LogP contribution in [0.3, 0.4) is 0 Å². The first-order valence-electron chi connectivity index (χ1n) is 4.17. The topological polar surface area (TPSA) is 63.8 Å². The van der Waals surface area contributed by atoms with Gasteiger partial charge in [0.15, 0.2) is 0 Å². The minimum atomic E-state index is 0. The fourth-order valence-electron chi connectivity index (χ4n) is 0.788. The number of nitrogens with zero attached hydrogens (tertiary/aromatic N) is 2. The number of para-hydroxylation sites is 1. The van der Waals surface area contributed by atoms with Gasteiger partial charge in [0.05, 0.1) is 0 Å². The normalized spacial score (nSPS) is 7.80. The minimum Gasteiger partial charge on any atom is -0.324 e. The number of aromatic nitrogens is 2. The van der Waals surface area contributed by atoms with Crippen molar-refractivity contribution in [2.24, 2.45) is 5.84 Å². The molecule has 0 bridgehead atoms. The monoisotopic (exact) mass is 224 g/mol. The smallest absolute Gasteiger partial charge is 0.0496 e. The number of halogens is 1. The van der Waals surface area contributed by atoms with Gasteiger partial charge in [0.1, 0.15) is 0 Å². The maximum absolute atomic E-state index is 5.10. The molecule has 0 saturated carbocycles. The molecule has 1 aromatic heterocycles. The summed E-state index contributed by atoms with van der Waals surface area (Å²) in [6.07, 6.45) is 3.28. The standard InChI is InChI=1S/C6H8N2.C4H4N2.ClH/c7-8-6-4-2-1-3-5-6;1-2-4-6-5-3-1;/h1-5,8H,7H2;1-4H;1H. The molecule has 0 atom stereocenters.